The summed E-state index contributed by atoms with van der Waals surface area (Å²) in [5, 5.41) is 13.3. The van der Waals surface area contributed by atoms with Crippen LogP contribution < -0.4 is 5.56 Å². The van der Waals surface area contributed by atoms with Gasteiger partial charge in [-0.3, -0.25) is 9.59 Å². The summed E-state index contributed by atoms with van der Waals surface area (Å²) < 4.78 is 0. The number of hydrogen-bond donors (Lipinski definition) is 2. The molecule has 3 aromatic rings. The number of hydrogen-bond acceptors (Lipinski definition) is 5. The zero-order chi connectivity index (χ0) is 24.2. The fourth-order valence-corrected chi connectivity index (χ4v) is 6.64. The van der Waals surface area contributed by atoms with Crippen LogP contribution in [0.15, 0.2) is 46.6 Å². The Hall–Kier alpha value is -2.74. The van der Waals surface area contributed by atoms with Crippen LogP contribution in [0.4, 0.5) is 0 Å². The van der Waals surface area contributed by atoms with Crippen LogP contribution in [-0.2, 0) is 23.2 Å². The van der Waals surface area contributed by atoms with Crippen LogP contribution in [-0.4, -0.2) is 32.4 Å². The van der Waals surface area contributed by atoms with Crippen LogP contribution in [0.25, 0.3) is 5.57 Å². The standard InChI is InChI=1S/C27H26ClN3O3S/c28-19-7-3-6-17(12-19)23(32)25(34)31-11-8-21-20(14-31)24(33)30-26(29-21)27(9-10-27)22-13-18(15-35-22)16-4-1-2-5-16/h3-4,6-7,12-13,15,23,32H,1-2,5,8-11,14H2,(H,29,30,33). The summed E-state index contributed by atoms with van der Waals surface area (Å²) in [6.45, 7) is 0.544. The molecule has 0 saturated heterocycles. The topological polar surface area (TPSA) is 86.3 Å². The number of aliphatic hydroxyl groups is 1. The Morgan fingerprint density at radius 2 is 2.11 bits per heavy atom. The molecule has 1 aromatic carbocycles. The van der Waals surface area contributed by atoms with Crippen molar-refractivity contribution in [2.24, 2.45) is 0 Å². The Morgan fingerprint density at radius 3 is 2.86 bits per heavy atom. The highest BCUT2D eigenvalue weighted by atomic mass is 35.5. The van der Waals surface area contributed by atoms with E-state index in [0.717, 1.165) is 37.2 Å². The van der Waals surface area contributed by atoms with Gasteiger partial charge in [0.2, 0.25) is 0 Å². The molecule has 8 heteroatoms. The van der Waals surface area contributed by atoms with Crippen molar-refractivity contribution in [3.05, 3.63) is 90.3 Å². The number of carbonyl (C=O) groups excluding carboxylic acids is 1. The average Bonchev–Trinajstić information content (AvgIpc) is 3.25. The number of nitrogens with zero attached hydrogens (tertiary/aromatic N) is 2. The molecule has 0 spiro atoms. The number of rotatable bonds is 5. The van der Waals surface area contributed by atoms with Crippen LogP contribution in [0.3, 0.4) is 0 Å². The number of halogens is 1. The van der Waals surface area contributed by atoms with Crippen molar-refractivity contribution >= 4 is 34.4 Å². The minimum absolute atomic E-state index is 0.138. The Labute approximate surface area is 212 Å². The number of amides is 1. The van der Waals surface area contributed by atoms with Crippen LogP contribution in [0.2, 0.25) is 5.02 Å². The number of aromatic nitrogens is 2. The first-order valence-electron chi connectivity index (χ1n) is 12.1. The molecule has 1 atom stereocenters. The second kappa shape index (κ2) is 8.73. The van der Waals surface area contributed by atoms with Gasteiger partial charge in [0.05, 0.1) is 23.2 Å². The second-order valence-electron chi connectivity index (χ2n) is 9.71. The third-order valence-electron chi connectivity index (χ3n) is 7.46. The number of fused-ring (bicyclic) bond motifs is 1. The number of H-pyrrole nitrogens is 1. The molecule has 1 aliphatic heterocycles. The van der Waals surface area contributed by atoms with Crippen molar-refractivity contribution in [1.82, 2.24) is 14.9 Å². The van der Waals surface area contributed by atoms with Gasteiger partial charge in [-0.15, -0.1) is 11.3 Å². The van der Waals surface area contributed by atoms with E-state index in [9.17, 15) is 14.7 Å². The molecular formula is C27H26ClN3O3S. The molecule has 0 radical (unpaired) electrons. The van der Waals surface area contributed by atoms with Crippen molar-refractivity contribution < 1.29 is 9.90 Å². The van der Waals surface area contributed by atoms with E-state index in [1.54, 1.807) is 35.6 Å². The number of allylic oxidation sites excluding steroid dienone is 2. The quantitative estimate of drug-likeness (QED) is 0.521. The fraction of sp³-hybridized carbons (Fsp3) is 0.370. The van der Waals surface area contributed by atoms with Crippen molar-refractivity contribution in [2.45, 2.75) is 56.6 Å². The molecule has 6 rings (SSSR count). The SMILES string of the molecule is O=C(C(O)c1cccc(Cl)c1)N1CCc2nc(C3(c4cc(C5=CCCC5)cs4)CC3)[nH]c(=O)c2C1. The van der Waals surface area contributed by atoms with Gasteiger partial charge in [-0.1, -0.05) is 29.8 Å². The normalized spacial score (nSPS) is 19.3. The monoisotopic (exact) mass is 507 g/mol. The molecular weight excluding hydrogens is 482 g/mol. The van der Waals surface area contributed by atoms with E-state index in [0.29, 0.717) is 29.1 Å². The molecule has 3 heterocycles. The summed E-state index contributed by atoms with van der Waals surface area (Å²) in [4.78, 5) is 36.9. The smallest absolute Gasteiger partial charge is 0.256 e. The van der Waals surface area contributed by atoms with Gasteiger partial charge in [0.1, 0.15) is 5.82 Å². The van der Waals surface area contributed by atoms with Gasteiger partial charge in [0, 0.05) is 22.9 Å². The van der Waals surface area contributed by atoms with Crippen molar-refractivity contribution in [1.29, 1.82) is 0 Å². The first-order chi connectivity index (χ1) is 16.9. The van der Waals surface area contributed by atoms with Crippen LogP contribution in [0, 0.1) is 0 Å². The van der Waals surface area contributed by atoms with Gasteiger partial charge < -0.3 is 15.0 Å². The van der Waals surface area contributed by atoms with Crippen LogP contribution in [0.1, 0.15) is 71.3 Å². The highest BCUT2D eigenvalue weighted by Gasteiger charge is 2.50. The highest BCUT2D eigenvalue weighted by Crippen LogP contribution is 2.54. The molecule has 3 aliphatic rings. The van der Waals surface area contributed by atoms with E-state index in [1.807, 2.05) is 0 Å². The lowest BCUT2D eigenvalue weighted by Crippen LogP contribution is -2.42. The molecule has 1 fully saturated rings. The third kappa shape index (κ3) is 4.05. The lowest BCUT2D eigenvalue weighted by Gasteiger charge is -2.30. The summed E-state index contributed by atoms with van der Waals surface area (Å²) in [5.41, 5.74) is 4.04. The molecule has 180 valence electrons. The van der Waals surface area contributed by atoms with Gasteiger partial charge in [-0.05, 0) is 72.4 Å². The third-order valence-corrected chi connectivity index (χ3v) is 8.83. The fourth-order valence-electron chi connectivity index (χ4n) is 5.25. The first kappa shape index (κ1) is 22.7. The Kier molecular flexibility index (Phi) is 5.66. The maximum absolute atomic E-state index is 13.1. The zero-order valence-corrected chi connectivity index (χ0v) is 20.8. The van der Waals surface area contributed by atoms with Gasteiger partial charge in [0.15, 0.2) is 6.10 Å². The first-order valence-corrected chi connectivity index (χ1v) is 13.3. The summed E-state index contributed by atoms with van der Waals surface area (Å²) in [6.07, 6.45) is 6.97. The highest BCUT2D eigenvalue weighted by molar-refractivity contribution is 7.10. The lowest BCUT2D eigenvalue weighted by molar-refractivity contribution is -0.141. The lowest BCUT2D eigenvalue weighted by atomic mass is 9.99. The van der Waals surface area contributed by atoms with Crippen LogP contribution in [0.5, 0.6) is 0 Å². The largest absolute Gasteiger partial charge is 0.378 e. The van der Waals surface area contributed by atoms with E-state index in [-0.39, 0.29) is 17.5 Å². The zero-order valence-electron chi connectivity index (χ0n) is 19.2. The number of thiophene rings is 1. The predicted octanol–water partition coefficient (Wildman–Crippen LogP) is 4.75. The van der Waals surface area contributed by atoms with Gasteiger partial charge >= 0.3 is 0 Å². The molecule has 2 aliphatic carbocycles. The number of nitrogens with one attached hydrogen (secondary N) is 1. The molecule has 2 N–H and O–H groups in total. The van der Waals surface area contributed by atoms with Crippen LogP contribution >= 0.6 is 22.9 Å². The Balaban J connectivity index is 1.24. The number of aliphatic hydroxyl groups excluding tert-OH is 1. The molecule has 0 bridgehead atoms. The molecule has 1 amide bonds. The summed E-state index contributed by atoms with van der Waals surface area (Å²) in [7, 11) is 0. The van der Waals surface area contributed by atoms with Gasteiger partial charge in [-0.25, -0.2) is 4.98 Å². The summed E-state index contributed by atoms with van der Waals surface area (Å²) >= 11 is 7.77. The Bertz CT molecular complexity index is 1400. The molecule has 6 nitrogen and oxygen atoms in total. The second-order valence-corrected chi connectivity index (χ2v) is 11.1. The molecule has 2 aromatic heterocycles. The molecule has 35 heavy (non-hydrogen) atoms. The van der Waals surface area contributed by atoms with Crippen molar-refractivity contribution in [3.63, 3.8) is 0 Å². The maximum atomic E-state index is 13.1. The summed E-state index contributed by atoms with van der Waals surface area (Å²) in [6, 6.07) is 8.92. The van der Waals surface area contributed by atoms with E-state index in [1.165, 1.54) is 27.3 Å². The minimum atomic E-state index is -1.32. The van der Waals surface area contributed by atoms with E-state index in [2.05, 4.69) is 22.5 Å². The predicted molar refractivity (Wildman–Crippen MR) is 137 cm³/mol. The number of carbonyl (C=O) groups is 1. The maximum Gasteiger partial charge on any atom is 0.256 e. The molecule has 1 unspecified atom stereocenters. The van der Waals surface area contributed by atoms with E-state index in [4.69, 9.17) is 16.6 Å². The van der Waals surface area contributed by atoms with Gasteiger partial charge in [0.25, 0.3) is 11.5 Å². The van der Waals surface area contributed by atoms with Crippen molar-refractivity contribution in [2.75, 3.05) is 6.54 Å². The Morgan fingerprint density at radius 1 is 1.26 bits per heavy atom. The number of benzene rings is 1. The van der Waals surface area contributed by atoms with E-state index >= 15 is 0 Å². The minimum Gasteiger partial charge on any atom is -0.378 e. The van der Waals surface area contributed by atoms with E-state index < -0.39 is 12.0 Å². The summed E-state index contributed by atoms with van der Waals surface area (Å²) in [5.74, 6) is 0.307. The van der Waals surface area contributed by atoms with Gasteiger partial charge in [-0.2, -0.15) is 0 Å². The molecule has 1 saturated carbocycles. The van der Waals surface area contributed by atoms with Crippen molar-refractivity contribution in [3.8, 4) is 0 Å². The number of aromatic amines is 1. The average molecular weight is 508 g/mol.